The molecule has 2 rings (SSSR count). The molecule has 0 radical (unpaired) electrons. The Kier molecular flexibility index (Phi) is 5.21. The van der Waals surface area contributed by atoms with E-state index in [1.807, 2.05) is 0 Å². The molecule has 2 nitrogen and oxygen atoms in total. The molecule has 0 aromatic heterocycles. The van der Waals surface area contributed by atoms with Gasteiger partial charge in [-0.25, -0.2) is 0 Å². The number of β-amino-alcohol motifs (C(OH)–C–C–N with tert-alkyl or cyclic N) is 1. The third-order valence-corrected chi connectivity index (χ3v) is 3.79. The standard InChI is InChI=1S/C16H25NO/c1-14-7-9-15(10-8-14)5-4-6-16(18)13-17-11-2-3-12-17/h7-10,16,18H,2-6,11-13H2,1H3. The van der Waals surface area contributed by atoms with Crippen LogP contribution in [0.15, 0.2) is 24.3 Å². The Morgan fingerprint density at radius 1 is 1.17 bits per heavy atom. The molecule has 100 valence electrons. The Labute approximate surface area is 111 Å². The maximum Gasteiger partial charge on any atom is 0.0667 e. The van der Waals surface area contributed by atoms with Gasteiger partial charge in [-0.1, -0.05) is 29.8 Å². The number of hydrogen-bond donors (Lipinski definition) is 1. The van der Waals surface area contributed by atoms with Crippen LogP contribution in [0.4, 0.5) is 0 Å². The van der Waals surface area contributed by atoms with E-state index in [0.29, 0.717) is 0 Å². The molecule has 1 aromatic rings. The number of hydrogen-bond acceptors (Lipinski definition) is 2. The third kappa shape index (κ3) is 4.43. The number of aryl methyl sites for hydroxylation is 2. The summed E-state index contributed by atoms with van der Waals surface area (Å²) in [6.45, 7) is 5.33. The summed E-state index contributed by atoms with van der Waals surface area (Å²) in [5, 5.41) is 9.99. The van der Waals surface area contributed by atoms with Gasteiger partial charge in [0.2, 0.25) is 0 Å². The summed E-state index contributed by atoms with van der Waals surface area (Å²) in [6, 6.07) is 8.72. The van der Waals surface area contributed by atoms with E-state index in [0.717, 1.165) is 25.8 Å². The van der Waals surface area contributed by atoms with Crippen LogP contribution in [-0.4, -0.2) is 35.7 Å². The second kappa shape index (κ2) is 6.91. The summed E-state index contributed by atoms with van der Waals surface area (Å²) in [5.74, 6) is 0. The average molecular weight is 247 g/mol. The predicted octanol–water partition coefficient (Wildman–Crippen LogP) is 2.77. The third-order valence-electron chi connectivity index (χ3n) is 3.79. The first-order chi connectivity index (χ1) is 8.74. The zero-order valence-corrected chi connectivity index (χ0v) is 11.4. The van der Waals surface area contributed by atoms with Crippen LogP contribution in [0.1, 0.15) is 36.8 Å². The van der Waals surface area contributed by atoms with Crippen LogP contribution in [0.25, 0.3) is 0 Å². The van der Waals surface area contributed by atoms with Gasteiger partial charge in [0.15, 0.2) is 0 Å². The highest BCUT2D eigenvalue weighted by molar-refractivity contribution is 5.21. The number of benzene rings is 1. The zero-order valence-electron chi connectivity index (χ0n) is 11.4. The second-order valence-corrected chi connectivity index (χ2v) is 5.54. The normalized spacial score (nSPS) is 18.1. The van der Waals surface area contributed by atoms with Crippen molar-refractivity contribution in [2.45, 2.75) is 45.1 Å². The van der Waals surface area contributed by atoms with Crippen LogP contribution in [0.3, 0.4) is 0 Å². The molecule has 0 aliphatic carbocycles. The van der Waals surface area contributed by atoms with Crippen molar-refractivity contribution in [2.75, 3.05) is 19.6 Å². The van der Waals surface area contributed by atoms with Gasteiger partial charge in [-0.05, 0) is 57.7 Å². The number of aliphatic hydroxyl groups is 1. The Bertz CT molecular complexity index is 341. The molecule has 0 spiro atoms. The molecule has 2 heteroatoms. The minimum absolute atomic E-state index is 0.145. The fourth-order valence-electron chi connectivity index (χ4n) is 2.65. The van der Waals surface area contributed by atoms with Gasteiger partial charge in [-0.2, -0.15) is 0 Å². The molecule has 1 N–H and O–H groups in total. The van der Waals surface area contributed by atoms with E-state index in [4.69, 9.17) is 0 Å². The molecule has 0 bridgehead atoms. The van der Waals surface area contributed by atoms with Crippen LogP contribution >= 0.6 is 0 Å². The summed E-state index contributed by atoms with van der Waals surface area (Å²) in [5.41, 5.74) is 2.70. The maximum atomic E-state index is 9.99. The number of likely N-dealkylation sites (tertiary alicyclic amines) is 1. The van der Waals surface area contributed by atoms with Gasteiger partial charge in [-0.3, -0.25) is 0 Å². The van der Waals surface area contributed by atoms with Crippen LogP contribution < -0.4 is 0 Å². The fourth-order valence-corrected chi connectivity index (χ4v) is 2.65. The SMILES string of the molecule is Cc1ccc(CCCC(O)CN2CCCC2)cc1. The predicted molar refractivity (Wildman–Crippen MR) is 75.8 cm³/mol. The summed E-state index contributed by atoms with van der Waals surface area (Å²) < 4.78 is 0. The van der Waals surface area contributed by atoms with Gasteiger partial charge in [0.05, 0.1) is 6.10 Å². The zero-order chi connectivity index (χ0) is 12.8. The summed E-state index contributed by atoms with van der Waals surface area (Å²) in [6.07, 6.45) is 5.54. The molecule has 1 aliphatic heterocycles. The number of nitrogens with zero attached hydrogens (tertiary/aromatic N) is 1. The molecule has 0 saturated carbocycles. The smallest absolute Gasteiger partial charge is 0.0667 e. The van der Waals surface area contributed by atoms with E-state index in [1.54, 1.807) is 0 Å². The van der Waals surface area contributed by atoms with Crippen molar-refractivity contribution in [3.8, 4) is 0 Å². The summed E-state index contributed by atoms with van der Waals surface area (Å²) in [4.78, 5) is 2.39. The Hall–Kier alpha value is -0.860. The van der Waals surface area contributed by atoms with Gasteiger partial charge in [0.1, 0.15) is 0 Å². The van der Waals surface area contributed by atoms with Gasteiger partial charge >= 0.3 is 0 Å². The summed E-state index contributed by atoms with van der Waals surface area (Å²) in [7, 11) is 0. The highest BCUT2D eigenvalue weighted by atomic mass is 16.3. The lowest BCUT2D eigenvalue weighted by atomic mass is 10.0. The van der Waals surface area contributed by atoms with Gasteiger partial charge in [-0.15, -0.1) is 0 Å². The van der Waals surface area contributed by atoms with Gasteiger partial charge in [0, 0.05) is 6.54 Å². The van der Waals surface area contributed by atoms with Crippen molar-refractivity contribution in [1.29, 1.82) is 0 Å². The minimum Gasteiger partial charge on any atom is -0.392 e. The van der Waals surface area contributed by atoms with Crippen LogP contribution in [0.5, 0.6) is 0 Å². The molecule has 0 amide bonds. The molecular weight excluding hydrogens is 222 g/mol. The number of aliphatic hydroxyl groups excluding tert-OH is 1. The van der Waals surface area contributed by atoms with Crippen molar-refractivity contribution >= 4 is 0 Å². The number of rotatable bonds is 6. The summed E-state index contributed by atoms with van der Waals surface area (Å²) >= 11 is 0. The largest absolute Gasteiger partial charge is 0.392 e. The van der Waals surface area contributed by atoms with Crippen molar-refractivity contribution in [2.24, 2.45) is 0 Å². The average Bonchev–Trinajstić information content (AvgIpc) is 2.84. The Morgan fingerprint density at radius 3 is 2.50 bits per heavy atom. The van der Waals surface area contributed by atoms with Gasteiger partial charge < -0.3 is 10.0 Å². The molecule has 1 saturated heterocycles. The maximum absolute atomic E-state index is 9.99. The topological polar surface area (TPSA) is 23.5 Å². The van der Waals surface area contributed by atoms with Crippen molar-refractivity contribution in [1.82, 2.24) is 4.90 Å². The lowest BCUT2D eigenvalue weighted by molar-refractivity contribution is 0.115. The molecule has 1 heterocycles. The highest BCUT2D eigenvalue weighted by Gasteiger charge is 2.15. The Balaban J connectivity index is 1.63. The van der Waals surface area contributed by atoms with Crippen LogP contribution in [-0.2, 0) is 6.42 Å². The lowest BCUT2D eigenvalue weighted by Crippen LogP contribution is -2.29. The van der Waals surface area contributed by atoms with Gasteiger partial charge in [0.25, 0.3) is 0 Å². The molecule has 1 atom stereocenters. The quantitative estimate of drug-likeness (QED) is 0.835. The van der Waals surface area contributed by atoms with E-state index in [9.17, 15) is 5.11 Å². The lowest BCUT2D eigenvalue weighted by Gasteiger charge is -2.19. The monoisotopic (exact) mass is 247 g/mol. The van der Waals surface area contributed by atoms with E-state index in [2.05, 4.69) is 36.1 Å². The molecule has 1 aliphatic rings. The van der Waals surface area contributed by atoms with E-state index in [-0.39, 0.29) is 6.10 Å². The highest BCUT2D eigenvalue weighted by Crippen LogP contribution is 2.12. The first-order valence-electron chi connectivity index (χ1n) is 7.20. The van der Waals surface area contributed by atoms with Crippen LogP contribution in [0.2, 0.25) is 0 Å². The van der Waals surface area contributed by atoms with Crippen molar-refractivity contribution < 1.29 is 5.11 Å². The molecule has 1 unspecified atom stereocenters. The van der Waals surface area contributed by atoms with E-state index < -0.39 is 0 Å². The van der Waals surface area contributed by atoms with Crippen molar-refractivity contribution in [3.05, 3.63) is 35.4 Å². The van der Waals surface area contributed by atoms with E-state index >= 15 is 0 Å². The fraction of sp³-hybridized carbons (Fsp3) is 0.625. The molecule has 1 aromatic carbocycles. The molecule has 18 heavy (non-hydrogen) atoms. The first kappa shape index (κ1) is 13.6. The molecular formula is C16H25NO. The van der Waals surface area contributed by atoms with Crippen LogP contribution in [0, 0.1) is 6.92 Å². The molecule has 1 fully saturated rings. The van der Waals surface area contributed by atoms with Crippen molar-refractivity contribution in [3.63, 3.8) is 0 Å². The van der Waals surface area contributed by atoms with E-state index in [1.165, 1.54) is 37.1 Å². The second-order valence-electron chi connectivity index (χ2n) is 5.54. The Morgan fingerprint density at radius 2 is 1.83 bits per heavy atom. The minimum atomic E-state index is -0.145. The first-order valence-corrected chi connectivity index (χ1v) is 7.20.